The third-order valence-corrected chi connectivity index (χ3v) is 3.02. The first-order chi connectivity index (χ1) is 9.24. The van der Waals surface area contributed by atoms with E-state index in [2.05, 4.69) is 15.3 Å². The lowest BCUT2D eigenvalue weighted by Gasteiger charge is -2.26. The molecule has 1 atom stereocenters. The predicted molar refractivity (Wildman–Crippen MR) is 74.5 cm³/mol. The summed E-state index contributed by atoms with van der Waals surface area (Å²) in [6.45, 7) is 5.42. The molecule has 0 saturated heterocycles. The molecule has 1 heterocycles. The minimum absolute atomic E-state index is 0.121. The number of carbonyl (C=O) groups excluding carboxylic acids is 1. The Morgan fingerprint density at radius 1 is 1.50 bits per heavy atom. The largest absolute Gasteiger partial charge is 0.444 e. The number of anilines is 1. The number of aromatic nitrogens is 2. The molecular weight excluding hydrogens is 260 g/mol. The molecule has 0 fully saturated rings. The molecule has 0 aliphatic heterocycles. The summed E-state index contributed by atoms with van der Waals surface area (Å²) in [6.07, 6.45) is 1.30. The molecule has 1 unspecified atom stereocenters. The van der Waals surface area contributed by atoms with E-state index in [0.29, 0.717) is 30.5 Å². The van der Waals surface area contributed by atoms with E-state index >= 15 is 0 Å². The van der Waals surface area contributed by atoms with Gasteiger partial charge in [0.05, 0.1) is 5.69 Å². The molecule has 110 valence electrons. The number of hydrogen-bond donors (Lipinski definition) is 3. The number of nitrogens with zero attached hydrogens (tertiary/aromatic N) is 1. The highest BCUT2D eigenvalue weighted by Gasteiger charge is 2.25. The third-order valence-electron chi connectivity index (χ3n) is 3.02. The number of aromatic amines is 1. The zero-order chi connectivity index (χ0) is 14.9. The number of H-pyrrole nitrogens is 1. The smallest absolute Gasteiger partial charge is 0.407 e. The number of hydrogen-bond acceptors (Lipinski definition) is 5. The molecule has 1 aliphatic carbocycles. The van der Waals surface area contributed by atoms with Gasteiger partial charge in [-0.15, -0.1) is 0 Å². The van der Waals surface area contributed by atoms with Gasteiger partial charge in [0.15, 0.2) is 0 Å². The topological polar surface area (TPSA) is 110 Å². The second kappa shape index (κ2) is 5.15. The molecule has 7 heteroatoms. The zero-order valence-corrected chi connectivity index (χ0v) is 11.9. The molecule has 0 spiro atoms. The normalized spacial score (nSPS) is 18.2. The summed E-state index contributed by atoms with van der Waals surface area (Å²) >= 11 is 0. The van der Waals surface area contributed by atoms with Crippen LogP contribution < -0.4 is 16.6 Å². The minimum atomic E-state index is -0.538. The van der Waals surface area contributed by atoms with Crippen molar-refractivity contribution in [3.05, 3.63) is 21.6 Å². The van der Waals surface area contributed by atoms with E-state index in [4.69, 9.17) is 10.5 Å². The van der Waals surface area contributed by atoms with Crippen LogP contribution in [-0.4, -0.2) is 27.7 Å². The molecule has 1 aromatic rings. The summed E-state index contributed by atoms with van der Waals surface area (Å²) in [4.78, 5) is 30.2. The zero-order valence-electron chi connectivity index (χ0n) is 11.9. The fraction of sp³-hybridized carbons (Fsp3) is 0.615. The van der Waals surface area contributed by atoms with Gasteiger partial charge in [0, 0.05) is 18.0 Å². The molecule has 0 bridgehead atoms. The van der Waals surface area contributed by atoms with Crippen molar-refractivity contribution >= 4 is 12.0 Å². The van der Waals surface area contributed by atoms with Gasteiger partial charge < -0.3 is 15.8 Å². The van der Waals surface area contributed by atoms with Crippen LogP contribution in [0.5, 0.6) is 0 Å². The average molecular weight is 280 g/mol. The van der Waals surface area contributed by atoms with E-state index in [1.807, 2.05) is 0 Å². The molecule has 4 N–H and O–H groups in total. The first kappa shape index (κ1) is 14.4. The summed E-state index contributed by atoms with van der Waals surface area (Å²) < 4.78 is 5.21. The number of aryl methyl sites for hydroxylation is 1. The van der Waals surface area contributed by atoms with Gasteiger partial charge in [-0.05, 0) is 33.6 Å². The first-order valence-electron chi connectivity index (χ1n) is 6.61. The Morgan fingerprint density at radius 3 is 2.85 bits per heavy atom. The van der Waals surface area contributed by atoms with E-state index in [1.165, 1.54) is 0 Å². The van der Waals surface area contributed by atoms with Crippen molar-refractivity contribution in [1.29, 1.82) is 0 Å². The number of fused-ring (bicyclic) bond motifs is 1. The van der Waals surface area contributed by atoms with Gasteiger partial charge in [-0.25, -0.2) is 9.78 Å². The summed E-state index contributed by atoms with van der Waals surface area (Å²) in [6, 6.07) is -0.121. The molecule has 20 heavy (non-hydrogen) atoms. The van der Waals surface area contributed by atoms with Gasteiger partial charge >= 0.3 is 6.09 Å². The molecule has 2 rings (SSSR count). The maximum absolute atomic E-state index is 11.8. The summed E-state index contributed by atoms with van der Waals surface area (Å²) in [5.41, 5.74) is 6.05. The predicted octanol–water partition coefficient (Wildman–Crippen LogP) is 0.734. The summed E-state index contributed by atoms with van der Waals surface area (Å²) in [5.74, 6) is 0.132. The quantitative estimate of drug-likeness (QED) is 0.702. The van der Waals surface area contributed by atoms with Crippen LogP contribution in [-0.2, 0) is 17.6 Å². The van der Waals surface area contributed by atoms with Gasteiger partial charge in [0.25, 0.3) is 5.56 Å². The number of nitrogens with two attached hydrogens (primary N) is 1. The van der Waals surface area contributed by atoms with E-state index < -0.39 is 11.7 Å². The Balaban J connectivity index is 2.05. The molecule has 7 nitrogen and oxygen atoms in total. The van der Waals surface area contributed by atoms with E-state index in [-0.39, 0.29) is 17.5 Å². The van der Waals surface area contributed by atoms with Crippen molar-refractivity contribution in [3.8, 4) is 0 Å². The van der Waals surface area contributed by atoms with Crippen molar-refractivity contribution < 1.29 is 9.53 Å². The second-order valence-electron chi connectivity index (χ2n) is 5.96. The number of ether oxygens (including phenoxy) is 1. The third kappa shape index (κ3) is 3.49. The summed E-state index contributed by atoms with van der Waals surface area (Å²) in [7, 11) is 0. The van der Waals surface area contributed by atoms with Crippen LogP contribution in [0.1, 0.15) is 38.4 Å². The molecular formula is C13H20N4O3. The fourth-order valence-electron chi connectivity index (χ4n) is 2.24. The molecule has 1 amide bonds. The molecule has 0 aromatic carbocycles. The number of nitrogens with one attached hydrogen (secondary N) is 2. The van der Waals surface area contributed by atoms with Crippen LogP contribution in [0.4, 0.5) is 10.7 Å². The van der Waals surface area contributed by atoms with Gasteiger partial charge in [0.1, 0.15) is 5.60 Å². The number of rotatable bonds is 1. The van der Waals surface area contributed by atoms with Crippen LogP contribution in [0.3, 0.4) is 0 Å². The SMILES string of the molecule is CC(C)(C)OC(=O)NC1CCc2nc(N)[nH]c(=O)c2C1. The number of carbonyl (C=O) groups is 1. The van der Waals surface area contributed by atoms with Crippen molar-refractivity contribution in [2.45, 2.75) is 51.7 Å². The van der Waals surface area contributed by atoms with E-state index in [1.54, 1.807) is 20.8 Å². The van der Waals surface area contributed by atoms with Crippen LogP contribution in [0.15, 0.2) is 4.79 Å². The Hall–Kier alpha value is -2.05. The number of alkyl carbamates (subject to hydrolysis) is 1. The molecule has 0 radical (unpaired) electrons. The number of nitrogen functional groups attached to an aromatic ring is 1. The maximum Gasteiger partial charge on any atom is 0.407 e. The highest BCUT2D eigenvalue weighted by atomic mass is 16.6. The Kier molecular flexibility index (Phi) is 3.69. The maximum atomic E-state index is 11.8. The lowest BCUT2D eigenvalue weighted by Crippen LogP contribution is -2.43. The van der Waals surface area contributed by atoms with E-state index in [9.17, 15) is 9.59 Å². The van der Waals surface area contributed by atoms with E-state index in [0.717, 1.165) is 0 Å². The fourth-order valence-corrected chi connectivity index (χ4v) is 2.24. The van der Waals surface area contributed by atoms with Crippen LogP contribution in [0.25, 0.3) is 0 Å². The molecule has 1 aromatic heterocycles. The standard InChI is InChI=1S/C13H20N4O3/c1-13(2,3)20-12(19)15-7-4-5-9-8(6-7)10(18)17-11(14)16-9/h7H,4-6H2,1-3H3,(H,15,19)(H3,14,16,17,18). The van der Waals surface area contributed by atoms with Crippen LogP contribution >= 0.6 is 0 Å². The Bertz CT molecular complexity index is 574. The summed E-state index contributed by atoms with van der Waals surface area (Å²) in [5, 5.41) is 2.79. The van der Waals surface area contributed by atoms with Gasteiger partial charge in [0.2, 0.25) is 5.95 Å². The number of amides is 1. The van der Waals surface area contributed by atoms with Crippen molar-refractivity contribution in [1.82, 2.24) is 15.3 Å². The highest BCUT2D eigenvalue weighted by molar-refractivity contribution is 5.68. The Labute approximate surface area is 116 Å². The minimum Gasteiger partial charge on any atom is -0.444 e. The molecule has 1 aliphatic rings. The van der Waals surface area contributed by atoms with Crippen LogP contribution in [0.2, 0.25) is 0 Å². The first-order valence-corrected chi connectivity index (χ1v) is 6.61. The van der Waals surface area contributed by atoms with Gasteiger partial charge in [-0.1, -0.05) is 0 Å². The lowest BCUT2D eigenvalue weighted by molar-refractivity contribution is 0.0500. The van der Waals surface area contributed by atoms with Gasteiger partial charge in [-0.2, -0.15) is 0 Å². The van der Waals surface area contributed by atoms with Crippen molar-refractivity contribution in [3.63, 3.8) is 0 Å². The average Bonchev–Trinajstić information content (AvgIpc) is 2.27. The monoisotopic (exact) mass is 280 g/mol. The van der Waals surface area contributed by atoms with Crippen LogP contribution in [0, 0.1) is 0 Å². The second-order valence-corrected chi connectivity index (χ2v) is 5.96. The molecule has 0 saturated carbocycles. The van der Waals surface area contributed by atoms with Crippen molar-refractivity contribution in [2.75, 3.05) is 5.73 Å². The highest BCUT2D eigenvalue weighted by Crippen LogP contribution is 2.17. The van der Waals surface area contributed by atoms with Gasteiger partial charge in [-0.3, -0.25) is 9.78 Å². The Morgan fingerprint density at radius 2 is 2.20 bits per heavy atom. The lowest BCUT2D eigenvalue weighted by atomic mass is 9.93. The van der Waals surface area contributed by atoms with Crippen molar-refractivity contribution in [2.24, 2.45) is 0 Å².